The maximum Gasteiger partial charge on any atom is 0.162 e. The molecular weight excluding hydrogens is 552 g/mol. The highest BCUT2D eigenvalue weighted by atomic mass is 16.1. The Labute approximate surface area is 267 Å². The average molecular weight is 597 g/mol. The summed E-state index contributed by atoms with van der Waals surface area (Å²) in [7, 11) is 0. The van der Waals surface area contributed by atoms with E-state index < -0.39 is 0 Å². The number of hydrogen-bond donors (Lipinski definition) is 0. The Kier molecular flexibility index (Phi) is 7.03. The molecule has 0 bridgehead atoms. The smallest absolute Gasteiger partial charge is 0.162 e. The fraction of sp³-hybridized carbons (Fsp3) is 0.366. The molecule has 45 heavy (non-hydrogen) atoms. The van der Waals surface area contributed by atoms with Gasteiger partial charge in [-0.05, 0) is 71.4 Å². The second-order valence-corrected chi connectivity index (χ2v) is 15.3. The second-order valence-electron chi connectivity index (χ2n) is 15.3. The zero-order valence-electron chi connectivity index (χ0n) is 27.5. The lowest BCUT2D eigenvalue weighted by atomic mass is 9.63. The minimum Gasteiger partial charge on any atom is -0.343 e. The molecule has 0 saturated heterocycles. The molecule has 230 valence electrons. The molecule has 0 spiro atoms. The Morgan fingerprint density at radius 1 is 0.667 bits per heavy atom. The largest absolute Gasteiger partial charge is 0.343 e. The topological polar surface area (TPSA) is 42.3 Å². The van der Waals surface area contributed by atoms with Crippen molar-refractivity contribution >= 4 is 22.5 Å². The molecule has 3 aliphatic rings. The number of ketones is 2. The monoisotopic (exact) mass is 596 g/mol. The van der Waals surface area contributed by atoms with E-state index in [4.69, 9.17) is 0 Å². The van der Waals surface area contributed by atoms with E-state index in [9.17, 15) is 9.59 Å². The van der Waals surface area contributed by atoms with Gasteiger partial charge in [-0.25, -0.2) is 0 Å². The molecule has 0 N–H and O–H groups in total. The van der Waals surface area contributed by atoms with E-state index in [1.54, 1.807) is 0 Å². The standard InChI is InChI=1S/C41H44N2O2/c1-26-16-17-29(18-27(26)2)23-42-25-31(30-14-10-11-15-32(30)42)37-38-33(19-40(3,4)21-35(38)44)43(24-28-12-8-7-9-13-28)34-20-41(5,6)22-36(45)39(34)37/h7-18,25,37H,19-24H2,1-6H3. The van der Waals surface area contributed by atoms with E-state index in [1.807, 2.05) is 6.07 Å². The number of benzene rings is 3. The summed E-state index contributed by atoms with van der Waals surface area (Å²) in [6, 6.07) is 25.7. The van der Waals surface area contributed by atoms with Crippen LogP contribution in [0.15, 0.2) is 102 Å². The van der Waals surface area contributed by atoms with Crippen LogP contribution in [0.5, 0.6) is 0 Å². The average Bonchev–Trinajstić information content (AvgIpc) is 3.33. The van der Waals surface area contributed by atoms with Crippen molar-refractivity contribution in [2.24, 2.45) is 10.8 Å². The Morgan fingerprint density at radius 2 is 1.27 bits per heavy atom. The SMILES string of the molecule is Cc1ccc(Cn2cc(C3C4=C(CC(C)(C)CC4=O)N(Cc4ccccc4)C4=C3C(=O)CC(C)(C)C4)c3ccccc32)cc1C. The molecule has 0 radical (unpaired) electrons. The first-order valence-electron chi connectivity index (χ1n) is 16.4. The molecule has 0 unspecified atom stereocenters. The number of carbonyl (C=O) groups excluding carboxylic acids is 2. The molecule has 4 aromatic rings. The number of nitrogens with zero attached hydrogens (tertiary/aromatic N) is 2. The van der Waals surface area contributed by atoms with Gasteiger partial charge in [0.2, 0.25) is 0 Å². The molecule has 0 atom stereocenters. The van der Waals surface area contributed by atoms with Crippen molar-refractivity contribution in [3.8, 4) is 0 Å². The van der Waals surface area contributed by atoms with Crippen LogP contribution in [0.3, 0.4) is 0 Å². The molecule has 4 heteroatoms. The lowest BCUT2D eigenvalue weighted by molar-refractivity contribution is -0.119. The van der Waals surface area contributed by atoms with Gasteiger partial charge in [0.15, 0.2) is 11.6 Å². The first-order valence-corrected chi connectivity index (χ1v) is 16.4. The van der Waals surface area contributed by atoms with Gasteiger partial charge in [-0.3, -0.25) is 9.59 Å². The van der Waals surface area contributed by atoms with E-state index in [-0.39, 0.29) is 28.3 Å². The lowest BCUT2D eigenvalue weighted by Gasteiger charge is -2.49. The minimum atomic E-state index is -0.361. The summed E-state index contributed by atoms with van der Waals surface area (Å²) in [5.74, 6) is -0.000834. The fourth-order valence-electron chi connectivity index (χ4n) is 8.05. The van der Waals surface area contributed by atoms with E-state index in [0.717, 1.165) is 58.4 Å². The zero-order valence-corrected chi connectivity index (χ0v) is 27.5. The first kappa shape index (κ1) is 29.5. The number of Topliss-reactive ketones (excluding diaryl/α,β-unsaturated/α-hetero) is 2. The van der Waals surface area contributed by atoms with Crippen LogP contribution in [0.4, 0.5) is 0 Å². The molecule has 4 nitrogen and oxygen atoms in total. The number of rotatable bonds is 5. The molecule has 0 amide bonds. The van der Waals surface area contributed by atoms with Gasteiger partial charge in [0, 0.05) is 71.5 Å². The molecule has 0 saturated carbocycles. The van der Waals surface area contributed by atoms with Crippen molar-refractivity contribution in [3.63, 3.8) is 0 Å². The maximum absolute atomic E-state index is 14.4. The Bertz CT molecular complexity index is 1860. The highest BCUT2D eigenvalue weighted by Crippen LogP contribution is 2.55. The molecule has 3 aromatic carbocycles. The Balaban J connectivity index is 1.46. The van der Waals surface area contributed by atoms with Gasteiger partial charge in [-0.1, -0.05) is 94.4 Å². The van der Waals surface area contributed by atoms with Crippen molar-refractivity contribution in [2.45, 2.75) is 86.2 Å². The van der Waals surface area contributed by atoms with Gasteiger partial charge >= 0.3 is 0 Å². The summed E-state index contributed by atoms with van der Waals surface area (Å²) >= 11 is 0. The second kappa shape index (κ2) is 10.7. The predicted molar refractivity (Wildman–Crippen MR) is 182 cm³/mol. The van der Waals surface area contributed by atoms with Gasteiger partial charge in [0.05, 0.1) is 0 Å². The van der Waals surface area contributed by atoms with Crippen molar-refractivity contribution in [1.29, 1.82) is 0 Å². The van der Waals surface area contributed by atoms with Crippen molar-refractivity contribution < 1.29 is 9.59 Å². The third kappa shape index (κ3) is 5.28. The van der Waals surface area contributed by atoms with E-state index in [2.05, 4.69) is 124 Å². The van der Waals surface area contributed by atoms with E-state index in [1.165, 1.54) is 22.3 Å². The van der Waals surface area contributed by atoms with Crippen LogP contribution in [0, 0.1) is 24.7 Å². The van der Waals surface area contributed by atoms with Crippen molar-refractivity contribution in [3.05, 3.63) is 129 Å². The van der Waals surface area contributed by atoms with Crippen LogP contribution in [-0.4, -0.2) is 21.0 Å². The Hall–Kier alpha value is -4.18. The van der Waals surface area contributed by atoms with Gasteiger partial charge in [0.1, 0.15) is 0 Å². The van der Waals surface area contributed by atoms with Gasteiger partial charge in [-0.15, -0.1) is 0 Å². The normalized spacial score (nSPS) is 19.7. The Morgan fingerprint density at radius 3 is 1.89 bits per heavy atom. The molecule has 0 fully saturated rings. The molecule has 2 heterocycles. The van der Waals surface area contributed by atoms with Crippen LogP contribution in [0.1, 0.15) is 87.1 Å². The fourth-order valence-corrected chi connectivity index (χ4v) is 8.05. The number of aromatic nitrogens is 1. The number of carbonyl (C=O) groups is 2. The molecular formula is C41H44N2O2. The highest BCUT2D eigenvalue weighted by molar-refractivity contribution is 6.08. The molecule has 1 aliphatic heterocycles. The number of hydrogen-bond acceptors (Lipinski definition) is 3. The number of fused-ring (bicyclic) bond motifs is 1. The van der Waals surface area contributed by atoms with Gasteiger partial charge in [-0.2, -0.15) is 0 Å². The third-order valence-electron chi connectivity index (χ3n) is 10.3. The highest BCUT2D eigenvalue weighted by Gasteiger charge is 2.49. The number of aryl methyl sites for hydroxylation is 2. The van der Waals surface area contributed by atoms with Crippen LogP contribution in [-0.2, 0) is 22.7 Å². The van der Waals surface area contributed by atoms with E-state index >= 15 is 0 Å². The third-order valence-corrected chi connectivity index (χ3v) is 10.3. The van der Waals surface area contributed by atoms with Gasteiger partial charge in [0.25, 0.3) is 0 Å². The van der Waals surface area contributed by atoms with Crippen molar-refractivity contribution in [2.75, 3.05) is 0 Å². The molecule has 1 aromatic heterocycles. The summed E-state index contributed by atoms with van der Waals surface area (Å²) in [6.45, 7) is 14.5. The van der Waals surface area contributed by atoms with Crippen LogP contribution >= 0.6 is 0 Å². The lowest BCUT2D eigenvalue weighted by Crippen LogP contribution is -2.44. The number of para-hydroxylation sites is 1. The van der Waals surface area contributed by atoms with Crippen molar-refractivity contribution in [1.82, 2.24) is 9.47 Å². The van der Waals surface area contributed by atoms with Crippen LogP contribution in [0.2, 0.25) is 0 Å². The summed E-state index contributed by atoms with van der Waals surface area (Å²) < 4.78 is 2.32. The summed E-state index contributed by atoms with van der Waals surface area (Å²) in [5.41, 5.74) is 10.8. The molecule has 2 aliphatic carbocycles. The first-order chi connectivity index (χ1) is 21.4. The summed E-state index contributed by atoms with van der Waals surface area (Å²) in [6.07, 6.45) is 4.84. The summed E-state index contributed by atoms with van der Waals surface area (Å²) in [4.78, 5) is 31.2. The maximum atomic E-state index is 14.4. The quantitative estimate of drug-likeness (QED) is 0.231. The zero-order chi connectivity index (χ0) is 31.7. The molecule has 7 rings (SSSR count). The van der Waals surface area contributed by atoms with Gasteiger partial charge < -0.3 is 9.47 Å². The van der Waals surface area contributed by atoms with Crippen LogP contribution in [0.25, 0.3) is 10.9 Å². The van der Waals surface area contributed by atoms with E-state index in [0.29, 0.717) is 19.4 Å². The number of allylic oxidation sites excluding steroid dienone is 4. The predicted octanol–water partition coefficient (Wildman–Crippen LogP) is 9.19. The minimum absolute atomic E-state index is 0.154. The summed E-state index contributed by atoms with van der Waals surface area (Å²) in [5, 5.41) is 1.12. The van der Waals surface area contributed by atoms with Crippen LogP contribution < -0.4 is 0 Å².